The summed E-state index contributed by atoms with van der Waals surface area (Å²) in [5.41, 5.74) is 9.32. The third-order valence-electron chi connectivity index (χ3n) is 4.61. The minimum atomic E-state index is 0.994. The van der Waals surface area contributed by atoms with E-state index in [1.54, 1.807) is 0 Å². The number of hydrogen-bond acceptors (Lipinski definition) is 0. The summed E-state index contributed by atoms with van der Waals surface area (Å²) < 4.78 is 0. The summed E-state index contributed by atoms with van der Waals surface area (Å²) in [6.07, 6.45) is 5.50. The average molecular weight is 314 g/mol. The van der Waals surface area contributed by atoms with Crippen LogP contribution >= 0.6 is 9.24 Å². The molecular formula is C22H19P. The molecule has 3 aromatic rings. The Balaban J connectivity index is 1.85. The smallest absolute Gasteiger partial charge is 0.00137 e. The molecule has 0 aromatic heterocycles. The van der Waals surface area contributed by atoms with Crippen molar-refractivity contribution in [3.05, 3.63) is 88.5 Å². The Labute approximate surface area is 140 Å². The Morgan fingerprint density at radius 2 is 1.57 bits per heavy atom. The van der Waals surface area contributed by atoms with Crippen molar-refractivity contribution in [1.29, 1.82) is 0 Å². The highest BCUT2D eigenvalue weighted by atomic mass is 31.0. The number of aryl methyl sites for hydroxylation is 1. The molecule has 0 bridgehead atoms. The van der Waals surface area contributed by atoms with Gasteiger partial charge in [0.15, 0.2) is 0 Å². The largest absolute Gasteiger partial charge is 0.104 e. The molecule has 0 heterocycles. The SMILES string of the molecule is Cc1ccc(-c2ccc3c(c2P)C=Cc2ccccc2C3)cc1. The van der Waals surface area contributed by atoms with Crippen molar-refractivity contribution in [2.24, 2.45) is 0 Å². The monoisotopic (exact) mass is 314 g/mol. The van der Waals surface area contributed by atoms with Crippen molar-refractivity contribution < 1.29 is 0 Å². The number of rotatable bonds is 1. The van der Waals surface area contributed by atoms with Crippen molar-refractivity contribution >= 4 is 26.7 Å². The van der Waals surface area contributed by atoms with E-state index in [4.69, 9.17) is 0 Å². The van der Waals surface area contributed by atoms with Gasteiger partial charge in [-0.15, -0.1) is 9.24 Å². The molecule has 3 aromatic carbocycles. The summed E-state index contributed by atoms with van der Waals surface area (Å²) in [4.78, 5) is 0. The number of fused-ring (bicyclic) bond motifs is 2. The lowest BCUT2D eigenvalue weighted by molar-refractivity contribution is 1.19. The minimum Gasteiger partial charge on any atom is -0.104 e. The van der Waals surface area contributed by atoms with Gasteiger partial charge in [-0.25, -0.2) is 0 Å². The summed E-state index contributed by atoms with van der Waals surface area (Å²) in [7, 11) is 2.96. The van der Waals surface area contributed by atoms with Crippen molar-refractivity contribution in [1.82, 2.24) is 0 Å². The van der Waals surface area contributed by atoms with Crippen LogP contribution in [0.2, 0.25) is 0 Å². The molecule has 1 aliphatic carbocycles. The standard InChI is InChI=1S/C22H19P/c1-15-6-8-17(9-7-15)20-13-11-19-14-18-5-3-2-4-16(18)10-12-21(19)22(20)23/h2-13H,14,23H2,1H3. The molecule has 0 radical (unpaired) electrons. The van der Waals surface area contributed by atoms with Gasteiger partial charge in [0.2, 0.25) is 0 Å². The Kier molecular flexibility index (Phi) is 3.63. The van der Waals surface area contributed by atoms with E-state index in [9.17, 15) is 0 Å². The van der Waals surface area contributed by atoms with Gasteiger partial charge in [0.05, 0.1) is 0 Å². The van der Waals surface area contributed by atoms with Gasteiger partial charge in [-0.2, -0.15) is 0 Å². The second-order valence-electron chi connectivity index (χ2n) is 6.17. The van der Waals surface area contributed by atoms with E-state index in [1.165, 1.54) is 44.2 Å². The van der Waals surface area contributed by atoms with Crippen LogP contribution in [0.15, 0.2) is 60.7 Å². The van der Waals surface area contributed by atoms with E-state index in [0.717, 1.165) is 6.42 Å². The molecule has 1 aliphatic rings. The minimum absolute atomic E-state index is 0.994. The van der Waals surface area contributed by atoms with Crippen LogP contribution in [-0.2, 0) is 6.42 Å². The van der Waals surface area contributed by atoms with Crippen LogP contribution in [-0.4, -0.2) is 0 Å². The van der Waals surface area contributed by atoms with Gasteiger partial charge in [-0.05, 0) is 52.0 Å². The molecule has 0 aliphatic heterocycles. The third-order valence-corrected chi connectivity index (χ3v) is 5.23. The van der Waals surface area contributed by atoms with Crippen molar-refractivity contribution in [3.63, 3.8) is 0 Å². The van der Waals surface area contributed by atoms with Crippen molar-refractivity contribution in [3.8, 4) is 11.1 Å². The zero-order valence-electron chi connectivity index (χ0n) is 13.2. The molecule has 0 N–H and O–H groups in total. The summed E-state index contributed by atoms with van der Waals surface area (Å²) in [5, 5.41) is 1.29. The Morgan fingerprint density at radius 1 is 0.783 bits per heavy atom. The van der Waals surface area contributed by atoms with Gasteiger partial charge in [0, 0.05) is 0 Å². The van der Waals surface area contributed by atoms with Crippen LogP contribution in [0.1, 0.15) is 27.8 Å². The quantitative estimate of drug-likeness (QED) is 0.422. The van der Waals surface area contributed by atoms with Crippen LogP contribution < -0.4 is 5.30 Å². The highest BCUT2D eigenvalue weighted by molar-refractivity contribution is 7.28. The summed E-state index contributed by atoms with van der Waals surface area (Å²) in [6.45, 7) is 2.13. The first-order chi connectivity index (χ1) is 11.2. The van der Waals surface area contributed by atoms with Gasteiger partial charge in [0.25, 0.3) is 0 Å². The maximum atomic E-state index is 2.96. The highest BCUT2D eigenvalue weighted by Crippen LogP contribution is 2.29. The zero-order chi connectivity index (χ0) is 15.8. The lowest BCUT2D eigenvalue weighted by atomic mass is 9.95. The topological polar surface area (TPSA) is 0 Å². The fourth-order valence-electron chi connectivity index (χ4n) is 3.25. The fourth-order valence-corrected chi connectivity index (χ4v) is 3.80. The van der Waals surface area contributed by atoms with Crippen molar-refractivity contribution in [2.45, 2.75) is 13.3 Å². The van der Waals surface area contributed by atoms with Gasteiger partial charge < -0.3 is 0 Å². The van der Waals surface area contributed by atoms with E-state index in [-0.39, 0.29) is 0 Å². The lowest BCUT2D eigenvalue weighted by Gasteiger charge is -2.13. The van der Waals surface area contributed by atoms with Crippen LogP contribution in [0.4, 0.5) is 0 Å². The molecule has 4 rings (SSSR count). The normalized spacial score (nSPS) is 12.4. The Morgan fingerprint density at radius 3 is 2.39 bits per heavy atom. The molecule has 112 valence electrons. The van der Waals surface area contributed by atoms with Gasteiger partial charge in [-0.3, -0.25) is 0 Å². The van der Waals surface area contributed by atoms with E-state index < -0.39 is 0 Å². The van der Waals surface area contributed by atoms with Gasteiger partial charge >= 0.3 is 0 Å². The molecule has 0 spiro atoms. The Hall–Kier alpha value is -2.17. The second kappa shape index (κ2) is 5.80. The molecule has 0 fully saturated rings. The van der Waals surface area contributed by atoms with Crippen LogP contribution in [0.3, 0.4) is 0 Å². The van der Waals surface area contributed by atoms with Gasteiger partial charge in [0.1, 0.15) is 0 Å². The molecule has 0 saturated heterocycles. The number of benzene rings is 3. The summed E-state index contributed by atoms with van der Waals surface area (Å²) in [5.74, 6) is 0. The van der Waals surface area contributed by atoms with E-state index in [1.807, 2.05) is 0 Å². The maximum absolute atomic E-state index is 2.96. The molecule has 0 nitrogen and oxygen atoms in total. The molecule has 1 heteroatoms. The predicted octanol–water partition coefficient (Wildman–Crippen LogP) is 5.24. The third kappa shape index (κ3) is 2.64. The second-order valence-corrected chi connectivity index (χ2v) is 6.75. The van der Waals surface area contributed by atoms with Gasteiger partial charge in [-0.1, -0.05) is 78.4 Å². The lowest BCUT2D eigenvalue weighted by Crippen LogP contribution is -2.06. The maximum Gasteiger partial charge on any atom is -0.00137 e. The molecule has 23 heavy (non-hydrogen) atoms. The summed E-state index contributed by atoms with van der Waals surface area (Å²) >= 11 is 0. The first kappa shape index (κ1) is 14.4. The molecule has 0 amide bonds. The highest BCUT2D eigenvalue weighted by Gasteiger charge is 2.13. The Bertz CT molecular complexity index is 902. The summed E-state index contributed by atoms with van der Waals surface area (Å²) in [6, 6.07) is 22.0. The average Bonchev–Trinajstić information content (AvgIpc) is 2.76. The molecule has 1 atom stereocenters. The molecule has 0 saturated carbocycles. The van der Waals surface area contributed by atoms with Crippen LogP contribution in [0.5, 0.6) is 0 Å². The van der Waals surface area contributed by atoms with E-state index in [2.05, 4.69) is 89.0 Å². The zero-order valence-corrected chi connectivity index (χ0v) is 14.4. The van der Waals surface area contributed by atoms with Crippen LogP contribution in [0.25, 0.3) is 23.3 Å². The van der Waals surface area contributed by atoms with Crippen LogP contribution in [0, 0.1) is 6.92 Å². The first-order valence-corrected chi connectivity index (χ1v) is 8.54. The predicted molar refractivity (Wildman–Crippen MR) is 104 cm³/mol. The fraction of sp³-hybridized carbons (Fsp3) is 0.0909. The number of hydrogen-bond donors (Lipinski definition) is 0. The first-order valence-electron chi connectivity index (χ1n) is 7.97. The molecular weight excluding hydrogens is 295 g/mol. The van der Waals surface area contributed by atoms with E-state index >= 15 is 0 Å². The van der Waals surface area contributed by atoms with E-state index in [0.29, 0.717) is 0 Å². The molecule has 1 unspecified atom stereocenters. The van der Waals surface area contributed by atoms with Crippen molar-refractivity contribution in [2.75, 3.05) is 0 Å².